The van der Waals surface area contributed by atoms with E-state index < -0.39 is 0 Å². The summed E-state index contributed by atoms with van der Waals surface area (Å²) in [7, 11) is 5.96. The van der Waals surface area contributed by atoms with Crippen molar-refractivity contribution in [2.45, 2.75) is 6.54 Å². The monoisotopic (exact) mass is 361 g/mol. The lowest BCUT2D eigenvalue weighted by Crippen LogP contribution is -2.47. The first kappa shape index (κ1) is 17.7. The van der Waals surface area contributed by atoms with Crippen LogP contribution in [0.4, 0.5) is 17.3 Å². The molecule has 1 aliphatic rings. The molecule has 0 spiro atoms. The molecular weight excluding hydrogens is 338 g/mol. The standard InChI is InChI=1S/C17H24ClN7/c1-19-15-16(18)21-12-22-17(15)25-8-6-24(7-9-25)14-5-4-13(10-20-14)11-23(2)3/h4-5,10,12,19H,6-9,11H2,1-3H3. The summed E-state index contributed by atoms with van der Waals surface area (Å²) < 4.78 is 0. The van der Waals surface area contributed by atoms with Gasteiger partial charge in [0.2, 0.25) is 0 Å². The topological polar surface area (TPSA) is 60.4 Å². The molecule has 1 aliphatic heterocycles. The van der Waals surface area contributed by atoms with Crippen LogP contribution in [0.15, 0.2) is 24.7 Å². The summed E-state index contributed by atoms with van der Waals surface area (Å²) in [5.74, 6) is 1.88. The van der Waals surface area contributed by atoms with E-state index in [1.807, 2.05) is 13.2 Å². The zero-order valence-corrected chi connectivity index (χ0v) is 15.7. The summed E-state index contributed by atoms with van der Waals surface area (Å²) in [5.41, 5.74) is 2.01. The molecule has 8 heteroatoms. The first-order chi connectivity index (χ1) is 12.1. The molecule has 0 aromatic carbocycles. The van der Waals surface area contributed by atoms with E-state index in [4.69, 9.17) is 11.6 Å². The van der Waals surface area contributed by atoms with Gasteiger partial charge >= 0.3 is 0 Å². The molecule has 1 saturated heterocycles. The second-order valence-corrected chi connectivity index (χ2v) is 6.71. The number of anilines is 3. The molecule has 7 nitrogen and oxygen atoms in total. The molecule has 0 saturated carbocycles. The SMILES string of the molecule is CNc1c(Cl)ncnc1N1CCN(c2ccc(CN(C)C)cn2)CC1. The Bertz CT molecular complexity index is 697. The van der Waals surface area contributed by atoms with Crippen LogP contribution in [0.5, 0.6) is 0 Å². The Morgan fingerprint density at radius 2 is 1.80 bits per heavy atom. The van der Waals surface area contributed by atoms with Gasteiger partial charge in [0, 0.05) is 46.0 Å². The third kappa shape index (κ3) is 4.11. The Morgan fingerprint density at radius 3 is 2.40 bits per heavy atom. The second-order valence-electron chi connectivity index (χ2n) is 6.35. The van der Waals surface area contributed by atoms with Crippen LogP contribution in [0.2, 0.25) is 5.15 Å². The van der Waals surface area contributed by atoms with Crippen LogP contribution in [0.25, 0.3) is 0 Å². The molecule has 0 aliphatic carbocycles. The Hall–Kier alpha value is -2.12. The van der Waals surface area contributed by atoms with Gasteiger partial charge in [-0.3, -0.25) is 0 Å². The van der Waals surface area contributed by atoms with Crippen molar-refractivity contribution in [1.82, 2.24) is 19.9 Å². The minimum absolute atomic E-state index is 0.452. The van der Waals surface area contributed by atoms with E-state index in [2.05, 4.69) is 61.2 Å². The van der Waals surface area contributed by atoms with Crippen LogP contribution < -0.4 is 15.1 Å². The number of nitrogens with zero attached hydrogens (tertiary/aromatic N) is 6. The molecule has 25 heavy (non-hydrogen) atoms. The van der Waals surface area contributed by atoms with Gasteiger partial charge in [0.1, 0.15) is 17.8 Å². The summed E-state index contributed by atoms with van der Waals surface area (Å²) in [4.78, 5) is 19.7. The van der Waals surface area contributed by atoms with Crippen molar-refractivity contribution in [2.24, 2.45) is 0 Å². The molecular formula is C17H24ClN7. The number of piperazine rings is 1. The molecule has 134 valence electrons. The molecule has 3 heterocycles. The number of pyridine rings is 1. The zero-order valence-electron chi connectivity index (χ0n) is 14.9. The van der Waals surface area contributed by atoms with E-state index in [9.17, 15) is 0 Å². The van der Waals surface area contributed by atoms with Gasteiger partial charge < -0.3 is 20.0 Å². The van der Waals surface area contributed by atoms with Crippen molar-refractivity contribution < 1.29 is 0 Å². The maximum atomic E-state index is 6.16. The van der Waals surface area contributed by atoms with Gasteiger partial charge in [0.15, 0.2) is 11.0 Å². The number of hydrogen-bond acceptors (Lipinski definition) is 7. The Kier molecular flexibility index (Phi) is 5.55. The Labute approximate surface area is 153 Å². The minimum Gasteiger partial charge on any atom is -0.383 e. The molecule has 1 fully saturated rings. The summed E-state index contributed by atoms with van der Waals surface area (Å²) in [6.07, 6.45) is 3.47. The summed E-state index contributed by atoms with van der Waals surface area (Å²) >= 11 is 6.16. The number of aromatic nitrogens is 3. The van der Waals surface area contributed by atoms with Crippen LogP contribution in [0.1, 0.15) is 5.56 Å². The van der Waals surface area contributed by atoms with Crippen molar-refractivity contribution in [1.29, 1.82) is 0 Å². The minimum atomic E-state index is 0.452. The maximum Gasteiger partial charge on any atom is 0.157 e. The normalized spacial score (nSPS) is 14.9. The molecule has 1 N–H and O–H groups in total. The number of hydrogen-bond donors (Lipinski definition) is 1. The van der Waals surface area contributed by atoms with Gasteiger partial charge in [0.05, 0.1) is 0 Å². The highest BCUT2D eigenvalue weighted by Crippen LogP contribution is 2.29. The van der Waals surface area contributed by atoms with Crippen molar-refractivity contribution in [3.05, 3.63) is 35.4 Å². The lowest BCUT2D eigenvalue weighted by molar-refractivity contribution is 0.402. The van der Waals surface area contributed by atoms with E-state index in [1.165, 1.54) is 11.9 Å². The van der Waals surface area contributed by atoms with Gasteiger partial charge in [-0.1, -0.05) is 17.7 Å². The number of nitrogens with one attached hydrogen (secondary N) is 1. The Morgan fingerprint density at radius 1 is 1.08 bits per heavy atom. The molecule has 2 aromatic rings. The molecule has 0 unspecified atom stereocenters. The molecule has 0 atom stereocenters. The molecule has 2 aromatic heterocycles. The zero-order chi connectivity index (χ0) is 17.8. The predicted octanol–water partition coefficient (Wildman–Crippen LogP) is 1.95. The van der Waals surface area contributed by atoms with E-state index >= 15 is 0 Å². The molecule has 0 bridgehead atoms. The van der Waals surface area contributed by atoms with Crippen molar-refractivity contribution in [2.75, 3.05) is 62.4 Å². The highest BCUT2D eigenvalue weighted by Gasteiger charge is 2.22. The van der Waals surface area contributed by atoms with E-state index in [0.717, 1.165) is 50.0 Å². The van der Waals surface area contributed by atoms with Gasteiger partial charge in [-0.05, 0) is 25.7 Å². The van der Waals surface area contributed by atoms with Gasteiger partial charge in [-0.15, -0.1) is 0 Å². The average molecular weight is 362 g/mol. The third-order valence-corrected chi connectivity index (χ3v) is 4.53. The lowest BCUT2D eigenvalue weighted by atomic mass is 10.2. The van der Waals surface area contributed by atoms with Crippen molar-refractivity contribution >= 4 is 28.9 Å². The number of rotatable bonds is 5. The fourth-order valence-corrected chi connectivity index (χ4v) is 3.24. The van der Waals surface area contributed by atoms with Crippen molar-refractivity contribution in [3.63, 3.8) is 0 Å². The fraction of sp³-hybridized carbons (Fsp3) is 0.471. The molecule has 3 rings (SSSR count). The first-order valence-electron chi connectivity index (χ1n) is 8.36. The van der Waals surface area contributed by atoms with E-state index in [1.54, 1.807) is 0 Å². The van der Waals surface area contributed by atoms with Crippen LogP contribution in [-0.2, 0) is 6.54 Å². The fourth-order valence-electron chi connectivity index (χ4n) is 3.02. The quantitative estimate of drug-likeness (QED) is 0.817. The summed E-state index contributed by atoms with van der Waals surface area (Å²) in [5, 5.41) is 3.55. The van der Waals surface area contributed by atoms with Gasteiger partial charge in [-0.2, -0.15) is 0 Å². The second kappa shape index (κ2) is 7.84. The number of halogens is 1. The average Bonchev–Trinajstić information content (AvgIpc) is 2.62. The predicted molar refractivity (Wildman–Crippen MR) is 103 cm³/mol. The smallest absolute Gasteiger partial charge is 0.157 e. The third-order valence-electron chi connectivity index (χ3n) is 4.24. The maximum absolute atomic E-state index is 6.16. The van der Waals surface area contributed by atoms with Crippen LogP contribution in [0.3, 0.4) is 0 Å². The Balaban J connectivity index is 1.65. The van der Waals surface area contributed by atoms with Crippen LogP contribution >= 0.6 is 11.6 Å². The summed E-state index contributed by atoms with van der Waals surface area (Å²) in [6, 6.07) is 4.26. The van der Waals surface area contributed by atoms with E-state index in [-0.39, 0.29) is 0 Å². The largest absolute Gasteiger partial charge is 0.383 e. The first-order valence-corrected chi connectivity index (χ1v) is 8.74. The van der Waals surface area contributed by atoms with Gasteiger partial charge in [0.25, 0.3) is 0 Å². The molecule has 0 amide bonds. The lowest BCUT2D eigenvalue weighted by Gasteiger charge is -2.36. The van der Waals surface area contributed by atoms with E-state index in [0.29, 0.717) is 5.15 Å². The highest BCUT2D eigenvalue weighted by atomic mass is 35.5. The van der Waals surface area contributed by atoms with Crippen molar-refractivity contribution in [3.8, 4) is 0 Å². The summed E-state index contributed by atoms with van der Waals surface area (Å²) in [6.45, 7) is 4.42. The molecule has 0 radical (unpaired) electrons. The van der Waals surface area contributed by atoms with Gasteiger partial charge in [-0.25, -0.2) is 15.0 Å². The highest BCUT2D eigenvalue weighted by molar-refractivity contribution is 6.32. The van der Waals surface area contributed by atoms with Crippen LogP contribution in [0, 0.1) is 0 Å². The van der Waals surface area contributed by atoms with Crippen LogP contribution in [-0.4, -0.2) is 67.2 Å².